The van der Waals surface area contributed by atoms with E-state index in [9.17, 15) is 0 Å². The number of rotatable bonds is 11. The van der Waals surface area contributed by atoms with Crippen molar-refractivity contribution in [3.8, 4) is 0 Å². The smallest absolute Gasteiger partial charge is 0.0700 e. The van der Waals surface area contributed by atoms with Gasteiger partial charge in [0.15, 0.2) is 0 Å². The van der Waals surface area contributed by atoms with Crippen LogP contribution in [0.5, 0.6) is 0 Å². The molecule has 1 aliphatic carbocycles. The molecule has 0 heterocycles. The van der Waals surface area contributed by atoms with Gasteiger partial charge in [0.2, 0.25) is 0 Å². The molecule has 4 nitrogen and oxygen atoms in total. The quantitative estimate of drug-likeness (QED) is 0.586. The normalized spacial score (nSPS) is 30.3. The third-order valence-corrected chi connectivity index (χ3v) is 4.40. The van der Waals surface area contributed by atoms with Crippen molar-refractivity contribution in [3.05, 3.63) is 0 Å². The van der Waals surface area contributed by atoms with Crippen molar-refractivity contribution in [2.45, 2.75) is 52.2 Å². The van der Waals surface area contributed by atoms with Gasteiger partial charge in [0, 0.05) is 31.8 Å². The Labute approximate surface area is 118 Å². The lowest BCUT2D eigenvalue weighted by molar-refractivity contribution is -0.125. The zero-order valence-electron chi connectivity index (χ0n) is 13.0. The summed E-state index contributed by atoms with van der Waals surface area (Å²) in [5.41, 5.74) is 0.299. The molecular formula is C15H31NO3. The zero-order valence-corrected chi connectivity index (χ0v) is 13.0. The topological polar surface area (TPSA) is 39.7 Å². The number of nitrogens with one attached hydrogen (secondary N) is 1. The molecular weight excluding hydrogens is 242 g/mol. The van der Waals surface area contributed by atoms with E-state index in [4.69, 9.17) is 14.2 Å². The van der Waals surface area contributed by atoms with Gasteiger partial charge in [0.25, 0.3) is 0 Å². The molecule has 4 heteroatoms. The average molecular weight is 273 g/mol. The zero-order chi connectivity index (χ0) is 14.1. The Kier molecular flexibility index (Phi) is 7.91. The van der Waals surface area contributed by atoms with Gasteiger partial charge in [-0.3, -0.25) is 0 Å². The lowest BCUT2D eigenvalue weighted by Gasteiger charge is -2.53. The van der Waals surface area contributed by atoms with Gasteiger partial charge in [0.1, 0.15) is 0 Å². The number of ether oxygens (including phenoxy) is 3. The molecule has 114 valence electrons. The minimum Gasteiger partial charge on any atom is -0.382 e. The molecule has 0 aromatic rings. The summed E-state index contributed by atoms with van der Waals surface area (Å²) < 4.78 is 16.2. The maximum atomic E-state index is 5.81. The maximum Gasteiger partial charge on any atom is 0.0700 e. The molecule has 0 aromatic heterocycles. The molecule has 1 N–H and O–H groups in total. The van der Waals surface area contributed by atoms with Crippen LogP contribution in [0.3, 0.4) is 0 Å². The lowest BCUT2D eigenvalue weighted by atomic mass is 9.61. The second-order valence-corrected chi connectivity index (χ2v) is 5.50. The van der Waals surface area contributed by atoms with E-state index in [0.29, 0.717) is 30.8 Å². The van der Waals surface area contributed by atoms with Crippen molar-refractivity contribution in [2.75, 3.05) is 40.1 Å². The number of methoxy groups -OCH3 is 1. The average Bonchev–Trinajstić information content (AvgIpc) is 2.43. The van der Waals surface area contributed by atoms with Crippen molar-refractivity contribution in [2.24, 2.45) is 5.41 Å². The molecule has 0 aromatic carbocycles. The van der Waals surface area contributed by atoms with Gasteiger partial charge < -0.3 is 19.5 Å². The largest absolute Gasteiger partial charge is 0.382 e. The van der Waals surface area contributed by atoms with Crippen molar-refractivity contribution in [3.63, 3.8) is 0 Å². The first-order chi connectivity index (χ1) is 9.19. The highest BCUT2D eigenvalue weighted by atomic mass is 16.5. The first-order valence-electron chi connectivity index (χ1n) is 7.60. The molecule has 3 atom stereocenters. The second-order valence-electron chi connectivity index (χ2n) is 5.50. The van der Waals surface area contributed by atoms with Crippen LogP contribution in [-0.2, 0) is 14.2 Å². The Hall–Kier alpha value is -0.160. The van der Waals surface area contributed by atoms with Gasteiger partial charge in [-0.1, -0.05) is 13.8 Å². The minimum atomic E-state index is 0.299. The SMILES string of the molecule is CCOC1CC(NCCCOCCOC)C1(C)CC. The summed E-state index contributed by atoms with van der Waals surface area (Å²) in [5.74, 6) is 0. The highest BCUT2D eigenvalue weighted by molar-refractivity contribution is 5.04. The summed E-state index contributed by atoms with van der Waals surface area (Å²) in [7, 11) is 1.70. The summed E-state index contributed by atoms with van der Waals surface area (Å²) in [6.45, 7) is 10.7. The summed E-state index contributed by atoms with van der Waals surface area (Å²) in [5, 5.41) is 3.65. The van der Waals surface area contributed by atoms with Crippen LogP contribution < -0.4 is 5.32 Å². The summed E-state index contributed by atoms with van der Waals surface area (Å²) in [6.07, 6.45) is 3.79. The fourth-order valence-corrected chi connectivity index (χ4v) is 2.76. The Morgan fingerprint density at radius 2 is 2.00 bits per heavy atom. The van der Waals surface area contributed by atoms with Gasteiger partial charge in [-0.25, -0.2) is 0 Å². The third kappa shape index (κ3) is 4.71. The molecule has 1 rings (SSSR count). The molecule has 3 unspecified atom stereocenters. The first kappa shape index (κ1) is 16.9. The molecule has 0 saturated heterocycles. The van der Waals surface area contributed by atoms with E-state index >= 15 is 0 Å². The predicted molar refractivity (Wildman–Crippen MR) is 77.5 cm³/mol. The van der Waals surface area contributed by atoms with Crippen LogP contribution in [0.15, 0.2) is 0 Å². The van der Waals surface area contributed by atoms with E-state index in [-0.39, 0.29) is 0 Å². The molecule has 0 bridgehead atoms. The molecule has 0 amide bonds. The molecule has 1 fully saturated rings. The Morgan fingerprint density at radius 1 is 1.21 bits per heavy atom. The van der Waals surface area contributed by atoms with Crippen LogP contribution in [-0.4, -0.2) is 52.2 Å². The van der Waals surface area contributed by atoms with Gasteiger partial charge in [-0.05, 0) is 32.7 Å². The maximum absolute atomic E-state index is 5.81. The standard InChI is InChI=1S/C15H31NO3/c1-5-15(3)13(12-14(15)19-6-2)16-8-7-9-18-11-10-17-4/h13-14,16H,5-12H2,1-4H3. The second kappa shape index (κ2) is 8.90. The summed E-state index contributed by atoms with van der Waals surface area (Å²) >= 11 is 0. The van der Waals surface area contributed by atoms with E-state index < -0.39 is 0 Å². The number of hydrogen-bond acceptors (Lipinski definition) is 4. The van der Waals surface area contributed by atoms with E-state index in [1.54, 1.807) is 7.11 Å². The van der Waals surface area contributed by atoms with Gasteiger partial charge in [-0.2, -0.15) is 0 Å². The van der Waals surface area contributed by atoms with Crippen LogP contribution >= 0.6 is 0 Å². The highest BCUT2D eigenvalue weighted by Gasteiger charge is 2.50. The fourth-order valence-electron chi connectivity index (χ4n) is 2.76. The summed E-state index contributed by atoms with van der Waals surface area (Å²) in [6, 6.07) is 0.591. The Balaban J connectivity index is 2.10. The van der Waals surface area contributed by atoms with Crippen molar-refractivity contribution >= 4 is 0 Å². The highest BCUT2D eigenvalue weighted by Crippen LogP contribution is 2.45. The Bertz CT molecular complexity index is 237. The minimum absolute atomic E-state index is 0.299. The van der Waals surface area contributed by atoms with Gasteiger partial charge in [0.05, 0.1) is 19.3 Å². The van der Waals surface area contributed by atoms with Crippen molar-refractivity contribution in [1.82, 2.24) is 5.32 Å². The molecule has 0 spiro atoms. The first-order valence-corrected chi connectivity index (χ1v) is 7.60. The van der Waals surface area contributed by atoms with Crippen molar-refractivity contribution in [1.29, 1.82) is 0 Å². The molecule has 1 aliphatic rings. The third-order valence-electron chi connectivity index (χ3n) is 4.40. The van der Waals surface area contributed by atoms with Gasteiger partial charge in [-0.15, -0.1) is 0 Å². The molecule has 0 aliphatic heterocycles. The van der Waals surface area contributed by atoms with Crippen LogP contribution in [0.1, 0.15) is 40.0 Å². The summed E-state index contributed by atoms with van der Waals surface area (Å²) in [4.78, 5) is 0. The van der Waals surface area contributed by atoms with E-state index in [2.05, 4.69) is 26.1 Å². The molecule has 1 saturated carbocycles. The van der Waals surface area contributed by atoms with E-state index in [0.717, 1.165) is 32.6 Å². The monoisotopic (exact) mass is 273 g/mol. The van der Waals surface area contributed by atoms with Crippen LogP contribution in [0.25, 0.3) is 0 Å². The van der Waals surface area contributed by atoms with E-state index in [1.807, 2.05) is 0 Å². The van der Waals surface area contributed by atoms with E-state index in [1.165, 1.54) is 6.42 Å². The predicted octanol–water partition coefficient (Wildman–Crippen LogP) is 2.22. The van der Waals surface area contributed by atoms with Crippen LogP contribution in [0, 0.1) is 5.41 Å². The molecule has 0 radical (unpaired) electrons. The number of hydrogen-bond donors (Lipinski definition) is 1. The van der Waals surface area contributed by atoms with Crippen molar-refractivity contribution < 1.29 is 14.2 Å². The fraction of sp³-hybridized carbons (Fsp3) is 1.00. The lowest BCUT2D eigenvalue weighted by Crippen LogP contribution is -2.62. The van der Waals surface area contributed by atoms with Crippen LogP contribution in [0.2, 0.25) is 0 Å². The van der Waals surface area contributed by atoms with Gasteiger partial charge >= 0.3 is 0 Å². The molecule has 19 heavy (non-hydrogen) atoms. The Morgan fingerprint density at radius 3 is 2.63 bits per heavy atom. The van der Waals surface area contributed by atoms with Crippen LogP contribution in [0.4, 0.5) is 0 Å².